The minimum Gasteiger partial charge on any atom is -0.472 e. The number of amides is 2. The van der Waals surface area contributed by atoms with Crippen LogP contribution in [0.2, 0.25) is 0 Å². The molecule has 1 unspecified atom stereocenters. The molecular weight excluding hydrogens is 236 g/mol. The fraction of sp³-hybridized carbons (Fsp3) is 0.250. The maximum absolute atomic E-state index is 11.6. The molecule has 2 aromatic rings. The van der Waals surface area contributed by atoms with Crippen molar-refractivity contribution in [2.45, 2.75) is 19.4 Å². The lowest BCUT2D eigenvalue weighted by Gasteiger charge is -2.12. The molecule has 2 amide bonds. The summed E-state index contributed by atoms with van der Waals surface area (Å²) in [5.74, 6) is 0. The molecule has 2 aromatic heterocycles. The Kier molecular flexibility index (Phi) is 3.82. The molecule has 2 rings (SSSR count). The first-order valence-corrected chi connectivity index (χ1v) is 6.24. The van der Waals surface area contributed by atoms with Gasteiger partial charge in [-0.3, -0.25) is 5.32 Å². The third kappa shape index (κ3) is 3.64. The van der Waals surface area contributed by atoms with Crippen LogP contribution in [0.4, 0.5) is 9.80 Å². The quantitative estimate of drug-likeness (QED) is 0.876. The molecule has 0 aliphatic carbocycles. The second kappa shape index (κ2) is 5.54. The van der Waals surface area contributed by atoms with Crippen LogP contribution in [0.3, 0.4) is 0 Å². The number of furan rings is 1. The maximum atomic E-state index is 11.6. The van der Waals surface area contributed by atoms with E-state index in [0.717, 1.165) is 17.0 Å². The molecule has 1 atom stereocenters. The normalized spacial score (nSPS) is 12.1. The number of hydrogen-bond acceptors (Lipinski definition) is 3. The van der Waals surface area contributed by atoms with Gasteiger partial charge >= 0.3 is 6.03 Å². The van der Waals surface area contributed by atoms with Crippen molar-refractivity contribution in [2.75, 3.05) is 5.32 Å². The van der Waals surface area contributed by atoms with Crippen molar-refractivity contribution in [3.63, 3.8) is 0 Å². The van der Waals surface area contributed by atoms with Crippen molar-refractivity contribution in [3.05, 3.63) is 41.7 Å². The van der Waals surface area contributed by atoms with Crippen molar-refractivity contribution in [1.82, 2.24) is 5.32 Å². The van der Waals surface area contributed by atoms with E-state index in [1.165, 1.54) is 11.3 Å². The summed E-state index contributed by atoms with van der Waals surface area (Å²) in [5, 5.41) is 8.42. The van der Waals surface area contributed by atoms with Crippen LogP contribution < -0.4 is 10.6 Å². The summed E-state index contributed by atoms with van der Waals surface area (Å²) >= 11 is 1.50. The molecule has 0 aliphatic rings. The summed E-state index contributed by atoms with van der Waals surface area (Å²) in [6.45, 7) is 1.96. The van der Waals surface area contributed by atoms with Crippen molar-refractivity contribution in [2.24, 2.45) is 0 Å². The van der Waals surface area contributed by atoms with Crippen molar-refractivity contribution >= 4 is 22.4 Å². The number of hydrogen-bond donors (Lipinski definition) is 2. The highest BCUT2D eigenvalue weighted by Crippen LogP contribution is 2.14. The number of urea groups is 1. The number of nitrogens with one attached hydrogen (secondary N) is 2. The Morgan fingerprint density at radius 3 is 3.06 bits per heavy atom. The Morgan fingerprint density at radius 2 is 2.41 bits per heavy atom. The van der Waals surface area contributed by atoms with Crippen molar-refractivity contribution in [3.8, 4) is 0 Å². The Morgan fingerprint density at radius 1 is 1.53 bits per heavy atom. The molecule has 17 heavy (non-hydrogen) atoms. The van der Waals surface area contributed by atoms with E-state index in [0.29, 0.717) is 0 Å². The zero-order valence-corrected chi connectivity index (χ0v) is 10.3. The molecule has 2 heterocycles. The molecule has 0 bridgehead atoms. The van der Waals surface area contributed by atoms with Gasteiger partial charge < -0.3 is 9.73 Å². The molecule has 0 fully saturated rings. The third-order valence-corrected chi connectivity index (χ3v) is 3.04. The number of anilines is 1. The summed E-state index contributed by atoms with van der Waals surface area (Å²) in [5.41, 5.74) is 1.08. The van der Waals surface area contributed by atoms with Gasteiger partial charge in [0.2, 0.25) is 0 Å². The molecule has 0 radical (unpaired) electrons. The second-order valence-electron chi connectivity index (χ2n) is 3.81. The highest BCUT2D eigenvalue weighted by atomic mass is 32.1. The van der Waals surface area contributed by atoms with Crippen LogP contribution in [-0.2, 0) is 6.42 Å². The number of carbonyl (C=O) groups is 1. The van der Waals surface area contributed by atoms with Crippen LogP contribution in [-0.4, -0.2) is 12.1 Å². The summed E-state index contributed by atoms with van der Waals surface area (Å²) in [7, 11) is 0. The molecule has 2 N–H and O–H groups in total. The van der Waals surface area contributed by atoms with E-state index in [9.17, 15) is 4.79 Å². The van der Waals surface area contributed by atoms with Crippen molar-refractivity contribution < 1.29 is 9.21 Å². The number of rotatable bonds is 4. The minimum absolute atomic E-state index is 0.0626. The van der Waals surface area contributed by atoms with Gasteiger partial charge in [-0.25, -0.2) is 4.79 Å². The molecule has 4 nitrogen and oxygen atoms in total. The molecule has 0 saturated carbocycles. The summed E-state index contributed by atoms with van der Waals surface area (Å²) in [6, 6.07) is 5.55. The van der Waals surface area contributed by atoms with E-state index >= 15 is 0 Å². The van der Waals surface area contributed by atoms with Gasteiger partial charge in [0.25, 0.3) is 0 Å². The molecule has 0 saturated heterocycles. The van der Waals surface area contributed by atoms with Crippen molar-refractivity contribution in [1.29, 1.82) is 0 Å². The van der Waals surface area contributed by atoms with Crippen LogP contribution in [0.1, 0.15) is 12.5 Å². The van der Waals surface area contributed by atoms with Gasteiger partial charge in [0.1, 0.15) is 0 Å². The molecular formula is C12H14N2O2S. The summed E-state index contributed by atoms with van der Waals surface area (Å²) in [6.07, 6.45) is 4.08. The van der Waals surface area contributed by atoms with Gasteiger partial charge in [-0.15, -0.1) is 11.3 Å². The van der Waals surface area contributed by atoms with Crippen LogP contribution in [0.25, 0.3) is 0 Å². The summed E-state index contributed by atoms with van der Waals surface area (Å²) in [4.78, 5) is 11.6. The third-order valence-electron chi connectivity index (χ3n) is 2.26. The molecule has 0 spiro atoms. The highest BCUT2D eigenvalue weighted by molar-refractivity contribution is 7.14. The Labute approximate surface area is 104 Å². The van der Waals surface area contributed by atoms with Crippen LogP contribution >= 0.6 is 11.3 Å². The van der Waals surface area contributed by atoms with Gasteiger partial charge in [0, 0.05) is 6.04 Å². The lowest BCUT2D eigenvalue weighted by molar-refractivity contribution is 0.249. The van der Waals surface area contributed by atoms with Crippen LogP contribution in [0.15, 0.2) is 40.5 Å². The van der Waals surface area contributed by atoms with Gasteiger partial charge in [0.15, 0.2) is 0 Å². The predicted octanol–water partition coefficient (Wildman–Crippen LogP) is 3.09. The second-order valence-corrected chi connectivity index (χ2v) is 4.76. The smallest absolute Gasteiger partial charge is 0.320 e. The fourth-order valence-corrected chi connectivity index (χ4v) is 2.15. The SMILES string of the molecule is CC(Cc1ccoc1)NC(=O)Nc1cccs1. The molecule has 90 valence electrons. The number of thiophene rings is 1. The standard InChI is InChI=1S/C12H14N2O2S/c1-9(7-10-4-5-16-8-10)13-12(15)14-11-3-2-6-17-11/h2-6,8-9H,7H2,1H3,(H2,13,14,15). The predicted molar refractivity (Wildman–Crippen MR) is 68.3 cm³/mol. The number of carbonyl (C=O) groups excluding carboxylic acids is 1. The lowest BCUT2D eigenvalue weighted by atomic mass is 10.1. The molecule has 5 heteroatoms. The monoisotopic (exact) mass is 250 g/mol. The van der Waals surface area contributed by atoms with E-state index in [1.807, 2.05) is 30.5 Å². The maximum Gasteiger partial charge on any atom is 0.320 e. The first kappa shape index (κ1) is 11.7. The zero-order valence-electron chi connectivity index (χ0n) is 9.47. The van der Waals surface area contributed by atoms with Gasteiger partial charge in [-0.1, -0.05) is 0 Å². The topological polar surface area (TPSA) is 54.3 Å². The van der Waals surface area contributed by atoms with Gasteiger partial charge in [-0.2, -0.15) is 0 Å². The fourth-order valence-electron chi connectivity index (χ4n) is 1.53. The van der Waals surface area contributed by atoms with E-state index < -0.39 is 0 Å². The first-order chi connectivity index (χ1) is 8.24. The van der Waals surface area contributed by atoms with Crippen LogP contribution in [0.5, 0.6) is 0 Å². The Hall–Kier alpha value is -1.75. The zero-order chi connectivity index (χ0) is 12.1. The van der Waals surface area contributed by atoms with Gasteiger partial charge in [-0.05, 0) is 42.5 Å². The van der Waals surface area contributed by atoms with E-state index in [1.54, 1.807) is 12.5 Å². The van der Waals surface area contributed by atoms with E-state index in [-0.39, 0.29) is 12.1 Å². The van der Waals surface area contributed by atoms with E-state index in [2.05, 4.69) is 10.6 Å². The highest BCUT2D eigenvalue weighted by Gasteiger charge is 2.09. The van der Waals surface area contributed by atoms with Crippen LogP contribution in [0, 0.1) is 0 Å². The minimum atomic E-state index is -0.177. The lowest BCUT2D eigenvalue weighted by Crippen LogP contribution is -2.37. The average Bonchev–Trinajstić information content (AvgIpc) is 2.90. The Balaban J connectivity index is 1.78. The van der Waals surface area contributed by atoms with Gasteiger partial charge in [0.05, 0.1) is 17.5 Å². The first-order valence-electron chi connectivity index (χ1n) is 5.36. The average molecular weight is 250 g/mol. The Bertz CT molecular complexity index is 451. The molecule has 0 aromatic carbocycles. The molecule has 0 aliphatic heterocycles. The summed E-state index contributed by atoms with van der Waals surface area (Å²) < 4.78 is 4.98. The largest absolute Gasteiger partial charge is 0.472 e. The van der Waals surface area contributed by atoms with E-state index in [4.69, 9.17) is 4.42 Å².